The Bertz CT molecular complexity index is 1140. The molecule has 2 heterocycles. The predicted octanol–water partition coefficient (Wildman–Crippen LogP) is 4.67. The molecule has 1 unspecified atom stereocenters. The number of ether oxygens (including phenoxy) is 1. The maximum Gasteiger partial charge on any atom is 0.266 e. The zero-order valence-corrected chi connectivity index (χ0v) is 19.4. The Morgan fingerprint density at radius 1 is 1.06 bits per heavy atom. The molecule has 4 rings (SSSR count). The Kier molecular flexibility index (Phi) is 7.15. The molecule has 1 amide bonds. The van der Waals surface area contributed by atoms with Crippen LogP contribution in [0.25, 0.3) is 16.6 Å². The Balaban J connectivity index is 1.71. The molecule has 1 atom stereocenters. The number of benzene rings is 2. The van der Waals surface area contributed by atoms with Crippen molar-refractivity contribution in [3.05, 3.63) is 58.9 Å². The summed E-state index contributed by atoms with van der Waals surface area (Å²) in [6.45, 7) is 6.03. The van der Waals surface area contributed by atoms with Crippen molar-refractivity contribution in [1.82, 2.24) is 14.5 Å². The van der Waals surface area contributed by atoms with Gasteiger partial charge in [0.1, 0.15) is 5.75 Å². The first-order valence-electron chi connectivity index (χ1n) is 11.3. The third-order valence-corrected chi connectivity index (χ3v) is 6.74. The number of para-hydroxylation sites is 1. The largest absolute Gasteiger partial charge is 0.494 e. The summed E-state index contributed by atoms with van der Waals surface area (Å²) in [5, 5.41) is 0.737. The highest BCUT2D eigenvalue weighted by atomic mass is 32.2. The summed E-state index contributed by atoms with van der Waals surface area (Å²) in [5.41, 5.74) is 1.20. The number of aromatic nitrogens is 2. The van der Waals surface area contributed by atoms with Crippen molar-refractivity contribution in [1.29, 1.82) is 0 Å². The zero-order valence-electron chi connectivity index (χ0n) is 18.6. The monoisotopic (exact) mass is 451 g/mol. The van der Waals surface area contributed by atoms with Crippen molar-refractivity contribution in [2.75, 3.05) is 19.7 Å². The van der Waals surface area contributed by atoms with Crippen LogP contribution < -0.4 is 10.3 Å². The topological polar surface area (TPSA) is 64.4 Å². The van der Waals surface area contributed by atoms with Crippen LogP contribution in [0.1, 0.15) is 39.5 Å². The normalized spacial score (nSPS) is 15.4. The summed E-state index contributed by atoms with van der Waals surface area (Å²) in [4.78, 5) is 33.3. The van der Waals surface area contributed by atoms with Gasteiger partial charge in [-0.1, -0.05) is 36.7 Å². The van der Waals surface area contributed by atoms with Gasteiger partial charge in [-0.2, -0.15) is 0 Å². The van der Waals surface area contributed by atoms with Gasteiger partial charge in [-0.25, -0.2) is 4.98 Å². The minimum Gasteiger partial charge on any atom is -0.494 e. The number of hydrogen-bond acceptors (Lipinski definition) is 5. The highest BCUT2D eigenvalue weighted by Crippen LogP contribution is 2.27. The van der Waals surface area contributed by atoms with Crippen LogP contribution in [0.4, 0.5) is 0 Å². The fourth-order valence-electron chi connectivity index (χ4n) is 4.03. The number of carbonyl (C=O) groups excluding carboxylic acids is 1. The average molecular weight is 452 g/mol. The van der Waals surface area contributed by atoms with E-state index in [-0.39, 0.29) is 16.7 Å². The van der Waals surface area contributed by atoms with Gasteiger partial charge in [0.05, 0.1) is 28.4 Å². The van der Waals surface area contributed by atoms with E-state index in [2.05, 4.69) is 0 Å². The van der Waals surface area contributed by atoms with Crippen molar-refractivity contribution < 1.29 is 9.53 Å². The van der Waals surface area contributed by atoms with Crippen LogP contribution in [-0.4, -0.2) is 45.3 Å². The van der Waals surface area contributed by atoms with E-state index in [9.17, 15) is 9.59 Å². The Hall–Kier alpha value is -2.80. The molecule has 168 valence electrons. The van der Waals surface area contributed by atoms with Crippen molar-refractivity contribution >= 4 is 28.6 Å². The Morgan fingerprint density at radius 3 is 2.44 bits per heavy atom. The van der Waals surface area contributed by atoms with Gasteiger partial charge >= 0.3 is 0 Å². The minimum atomic E-state index is -0.338. The van der Waals surface area contributed by atoms with Crippen molar-refractivity contribution in [3.8, 4) is 11.4 Å². The standard InChI is InChI=1S/C25H29N3O3S/c1-3-31-20-14-12-19(13-15-20)28-24(30)21-10-6-7-11-22(21)26-25(28)32-18(2)23(29)27-16-8-4-5-9-17-27/h6-7,10-15,18H,3-5,8-9,16-17H2,1-2H3. The van der Waals surface area contributed by atoms with Gasteiger partial charge in [-0.15, -0.1) is 0 Å². The van der Waals surface area contributed by atoms with Crippen LogP contribution in [0.5, 0.6) is 5.75 Å². The second-order valence-electron chi connectivity index (χ2n) is 7.98. The molecule has 7 heteroatoms. The molecule has 0 saturated carbocycles. The van der Waals surface area contributed by atoms with Crippen LogP contribution in [0, 0.1) is 0 Å². The lowest BCUT2D eigenvalue weighted by atomic mass is 10.2. The first-order chi connectivity index (χ1) is 15.6. The van der Waals surface area contributed by atoms with Gasteiger partial charge < -0.3 is 9.64 Å². The summed E-state index contributed by atoms with van der Waals surface area (Å²) in [5.74, 6) is 0.856. The zero-order chi connectivity index (χ0) is 22.5. The van der Waals surface area contributed by atoms with Gasteiger partial charge in [0.25, 0.3) is 5.56 Å². The lowest BCUT2D eigenvalue weighted by Gasteiger charge is -2.24. The van der Waals surface area contributed by atoms with Gasteiger partial charge in [0, 0.05) is 13.1 Å². The van der Waals surface area contributed by atoms with Crippen LogP contribution >= 0.6 is 11.8 Å². The molecular weight excluding hydrogens is 422 g/mol. The van der Waals surface area contributed by atoms with Crippen molar-refractivity contribution in [2.45, 2.75) is 49.9 Å². The summed E-state index contributed by atoms with van der Waals surface area (Å²) in [6.07, 6.45) is 4.45. The Labute approximate surface area is 192 Å². The summed E-state index contributed by atoms with van der Waals surface area (Å²) in [7, 11) is 0. The molecule has 1 aliphatic rings. The van der Waals surface area contributed by atoms with Crippen molar-refractivity contribution in [2.24, 2.45) is 0 Å². The van der Waals surface area contributed by atoms with Gasteiger partial charge in [-0.05, 0) is 63.1 Å². The van der Waals surface area contributed by atoms with Gasteiger partial charge in [0.2, 0.25) is 5.91 Å². The maximum atomic E-state index is 13.4. The molecule has 1 saturated heterocycles. The molecule has 32 heavy (non-hydrogen) atoms. The van der Waals surface area contributed by atoms with Crippen LogP contribution in [-0.2, 0) is 4.79 Å². The lowest BCUT2D eigenvalue weighted by Crippen LogP contribution is -2.37. The summed E-state index contributed by atoms with van der Waals surface area (Å²) in [6, 6.07) is 14.7. The van der Waals surface area contributed by atoms with E-state index >= 15 is 0 Å². The number of fused-ring (bicyclic) bond motifs is 1. The first-order valence-corrected chi connectivity index (χ1v) is 12.2. The third-order valence-electron chi connectivity index (χ3n) is 5.70. The second-order valence-corrected chi connectivity index (χ2v) is 9.29. The molecule has 3 aromatic rings. The molecule has 2 aromatic carbocycles. The number of thioether (sulfide) groups is 1. The molecule has 0 aliphatic carbocycles. The number of carbonyl (C=O) groups is 1. The van der Waals surface area contributed by atoms with Crippen LogP contribution in [0.15, 0.2) is 58.5 Å². The molecule has 6 nitrogen and oxygen atoms in total. The quantitative estimate of drug-likeness (QED) is 0.403. The predicted molar refractivity (Wildman–Crippen MR) is 129 cm³/mol. The van der Waals surface area contributed by atoms with Gasteiger partial charge in [-0.3, -0.25) is 14.2 Å². The lowest BCUT2D eigenvalue weighted by molar-refractivity contribution is -0.130. The summed E-state index contributed by atoms with van der Waals surface area (Å²) >= 11 is 1.35. The SMILES string of the molecule is CCOc1ccc(-n2c(SC(C)C(=O)N3CCCCCC3)nc3ccccc3c2=O)cc1. The molecule has 0 bridgehead atoms. The number of hydrogen-bond donors (Lipinski definition) is 0. The highest BCUT2D eigenvalue weighted by Gasteiger charge is 2.25. The molecule has 0 N–H and O–H groups in total. The number of nitrogens with zero attached hydrogens (tertiary/aromatic N) is 3. The summed E-state index contributed by atoms with van der Waals surface area (Å²) < 4.78 is 7.15. The third kappa shape index (κ3) is 4.83. The highest BCUT2D eigenvalue weighted by molar-refractivity contribution is 8.00. The van der Waals surface area contributed by atoms with E-state index < -0.39 is 0 Å². The molecule has 1 aliphatic heterocycles. The average Bonchev–Trinajstić information content (AvgIpc) is 3.09. The molecule has 0 spiro atoms. The van der Waals surface area contributed by atoms with E-state index in [0.29, 0.717) is 28.4 Å². The van der Waals surface area contributed by atoms with E-state index in [0.717, 1.165) is 31.7 Å². The smallest absolute Gasteiger partial charge is 0.266 e. The fourth-order valence-corrected chi connectivity index (χ4v) is 5.04. The minimum absolute atomic E-state index is 0.109. The molecule has 1 fully saturated rings. The molecule has 0 radical (unpaired) electrons. The first kappa shape index (κ1) is 22.4. The van der Waals surface area contributed by atoms with E-state index in [1.54, 1.807) is 10.6 Å². The molecule has 1 aromatic heterocycles. The Morgan fingerprint density at radius 2 is 1.75 bits per heavy atom. The maximum absolute atomic E-state index is 13.4. The number of amides is 1. The molecular formula is C25H29N3O3S. The van der Waals surface area contributed by atoms with Crippen LogP contribution in [0.2, 0.25) is 0 Å². The van der Waals surface area contributed by atoms with Crippen LogP contribution in [0.3, 0.4) is 0 Å². The van der Waals surface area contributed by atoms with E-state index in [4.69, 9.17) is 9.72 Å². The second kappa shape index (κ2) is 10.2. The number of rotatable bonds is 6. The fraction of sp³-hybridized carbons (Fsp3) is 0.400. The van der Waals surface area contributed by atoms with E-state index in [1.807, 2.05) is 61.2 Å². The number of likely N-dealkylation sites (tertiary alicyclic amines) is 1. The van der Waals surface area contributed by atoms with E-state index in [1.165, 1.54) is 24.6 Å². The van der Waals surface area contributed by atoms with Gasteiger partial charge in [0.15, 0.2) is 5.16 Å². The van der Waals surface area contributed by atoms with Crippen molar-refractivity contribution in [3.63, 3.8) is 0 Å².